The quantitative estimate of drug-likeness (QED) is 0.820. The molecule has 0 bridgehead atoms. The van der Waals surface area contributed by atoms with E-state index < -0.39 is 0 Å². The van der Waals surface area contributed by atoms with Gasteiger partial charge in [-0.3, -0.25) is 0 Å². The van der Waals surface area contributed by atoms with E-state index in [2.05, 4.69) is 22.2 Å². The van der Waals surface area contributed by atoms with Crippen molar-refractivity contribution in [2.45, 2.75) is 63.1 Å². The Bertz CT molecular complexity index is 264. The zero-order chi connectivity index (χ0) is 12.4. The maximum atomic E-state index is 3.82. The Hall–Kier alpha value is -0.120. The number of nitrogens with one attached hydrogen (secondary N) is 1. The van der Waals surface area contributed by atoms with Gasteiger partial charge in [0.1, 0.15) is 0 Å². The average molecular weight is 251 g/mol. The molecule has 1 saturated carbocycles. The van der Waals surface area contributed by atoms with Crippen molar-refractivity contribution in [1.29, 1.82) is 0 Å². The standard InChI is InChI=1S/C15H29N3/c1-17-9-3-2-6-15(17)12-18-10-4-5-14(11-18)16-13-7-8-13/h13-16H,2-12H2,1H3. The summed E-state index contributed by atoms with van der Waals surface area (Å²) in [6.45, 7) is 5.23. The van der Waals surface area contributed by atoms with Crippen LogP contribution in [0.3, 0.4) is 0 Å². The summed E-state index contributed by atoms with van der Waals surface area (Å²) in [5.41, 5.74) is 0. The lowest BCUT2D eigenvalue weighted by Gasteiger charge is -2.39. The summed E-state index contributed by atoms with van der Waals surface area (Å²) in [4.78, 5) is 5.30. The minimum Gasteiger partial charge on any atom is -0.310 e. The van der Waals surface area contributed by atoms with Crippen molar-refractivity contribution in [3.05, 3.63) is 0 Å². The van der Waals surface area contributed by atoms with Gasteiger partial charge in [0.2, 0.25) is 0 Å². The largest absolute Gasteiger partial charge is 0.310 e. The van der Waals surface area contributed by atoms with Crippen molar-refractivity contribution < 1.29 is 0 Å². The molecule has 2 heterocycles. The summed E-state index contributed by atoms with van der Waals surface area (Å²) in [6, 6.07) is 2.46. The second kappa shape index (κ2) is 5.89. The zero-order valence-corrected chi connectivity index (χ0v) is 11.9. The third-order valence-corrected chi connectivity index (χ3v) is 4.94. The van der Waals surface area contributed by atoms with E-state index in [1.807, 2.05) is 0 Å². The van der Waals surface area contributed by atoms with Gasteiger partial charge in [-0.25, -0.2) is 0 Å². The van der Waals surface area contributed by atoms with Crippen LogP contribution >= 0.6 is 0 Å². The number of likely N-dealkylation sites (tertiary alicyclic amines) is 2. The summed E-state index contributed by atoms with van der Waals surface area (Å²) in [5, 5.41) is 3.82. The predicted molar refractivity (Wildman–Crippen MR) is 75.9 cm³/mol. The van der Waals surface area contributed by atoms with Gasteiger partial charge in [0.25, 0.3) is 0 Å². The first-order valence-corrected chi connectivity index (χ1v) is 8.00. The Morgan fingerprint density at radius 2 is 1.83 bits per heavy atom. The second-order valence-corrected chi connectivity index (χ2v) is 6.67. The summed E-state index contributed by atoms with van der Waals surface area (Å²) in [5.74, 6) is 0. The first-order chi connectivity index (χ1) is 8.81. The molecule has 18 heavy (non-hydrogen) atoms. The number of hydrogen-bond donors (Lipinski definition) is 1. The highest BCUT2D eigenvalue weighted by atomic mass is 15.2. The van der Waals surface area contributed by atoms with Crippen LogP contribution in [0.2, 0.25) is 0 Å². The minimum absolute atomic E-state index is 0.778. The van der Waals surface area contributed by atoms with Gasteiger partial charge in [-0.05, 0) is 58.7 Å². The normalized spacial score (nSPS) is 35.8. The zero-order valence-electron chi connectivity index (χ0n) is 11.9. The Morgan fingerprint density at radius 1 is 0.944 bits per heavy atom. The topological polar surface area (TPSA) is 18.5 Å². The first kappa shape index (κ1) is 12.9. The van der Waals surface area contributed by atoms with Crippen molar-refractivity contribution in [3.8, 4) is 0 Å². The molecule has 0 aromatic carbocycles. The van der Waals surface area contributed by atoms with Crippen LogP contribution in [-0.4, -0.2) is 61.2 Å². The van der Waals surface area contributed by atoms with E-state index in [1.165, 1.54) is 71.1 Å². The van der Waals surface area contributed by atoms with Gasteiger partial charge in [0, 0.05) is 31.2 Å². The molecule has 104 valence electrons. The van der Waals surface area contributed by atoms with Gasteiger partial charge in [0.15, 0.2) is 0 Å². The number of piperidine rings is 2. The molecule has 2 atom stereocenters. The van der Waals surface area contributed by atoms with E-state index in [1.54, 1.807) is 0 Å². The van der Waals surface area contributed by atoms with Gasteiger partial charge in [-0.2, -0.15) is 0 Å². The van der Waals surface area contributed by atoms with Crippen molar-refractivity contribution in [2.24, 2.45) is 0 Å². The molecule has 2 unspecified atom stereocenters. The monoisotopic (exact) mass is 251 g/mol. The van der Waals surface area contributed by atoms with Gasteiger partial charge < -0.3 is 15.1 Å². The lowest BCUT2D eigenvalue weighted by molar-refractivity contribution is 0.105. The fourth-order valence-corrected chi connectivity index (χ4v) is 3.61. The van der Waals surface area contributed by atoms with Crippen molar-refractivity contribution in [3.63, 3.8) is 0 Å². The van der Waals surface area contributed by atoms with Gasteiger partial charge in [-0.15, -0.1) is 0 Å². The fraction of sp³-hybridized carbons (Fsp3) is 1.00. The second-order valence-electron chi connectivity index (χ2n) is 6.67. The van der Waals surface area contributed by atoms with Gasteiger partial charge in [-0.1, -0.05) is 6.42 Å². The van der Waals surface area contributed by atoms with Crippen LogP contribution in [0.1, 0.15) is 44.9 Å². The summed E-state index contributed by atoms with van der Waals surface area (Å²) < 4.78 is 0. The molecule has 3 heteroatoms. The van der Waals surface area contributed by atoms with E-state index in [-0.39, 0.29) is 0 Å². The molecule has 1 N–H and O–H groups in total. The molecule has 3 fully saturated rings. The highest BCUT2D eigenvalue weighted by Crippen LogP contribution is 2.23. The number of rotatable bonds is 4. The summed E-state index contributed by atoms with van der Waals surface area (Å²) in [7, 11) is 2.31. The third-order valence-electron chi connectivity index (χ3n) is 4.94. The van der Waals surface area contributed by atoms with Crippen molar-refractivity contribution in [1.82, 2.24) is 15.1 Å². The third kappa shape index (κ3) is 3.46. The number of nitrogens with zero attached hydrogens (tertiary/aromatic N) is 2. The molecule has 0 spiro atoms. The molecule has 0 amide bonds. The van der Waals surface area contributed by atoms with Crippen LogP contribution in [0.25, 0.3) is 0 Å². The molecular weight excluding hydrogens is 222 g/mol. The molecule has 3 aliphatic rings. The molecule has 0 aromatic rings. The molecular formula is C15H29N3. The van der Waals surface area contributed by atoms with E-state index in [9.17, 15) is 0 Å². The summed E-state index contributed by atoms with van der Waals surface area (Å²) >= 11 is 0. The van der Waals surface area contributed by atoms with E-state index in [0.717, 1.165) is 18.1 Å². The molecule has 0 aromatic heterocycles. The lowest BCUT2D eigenvalue weighted by Crippen LogP contribution is -2.51. The van der Waals surface area contributed by atoms with Crippen LogP contribution in [0, 0.1) is 0 Å². The van der Waals surface area contributed by atoms with Crippen LogP contribution in [0.5, 0.6) is 0 Å². The highest BCUT2D eigenvalue weighted by Gasteiger charge is 2.29. The van der Waals surface area contributed by atoms with Gasteiger partial charge in [0.05, 0.1) is 0 Å². The van der Waals surface area contributed by atoms with Crippen molar-refractivity contribution in [2.75, 3.05) is 33.2 Å². The SMILES string of the molecule is CN1CCCCC1CN1CCCC(NC2CC2)C1. The Kier molecular flexibility index (Phi) is 4.22. The first-order valence-electron chi connectivity index (χ1n) is 8.00. The molecule has 2 saturated heterocycles. The summed E-state index contributed by atoms with van der Waals surface area (Å²) in [6.07, 6.45) is 9.87. The molecule has 2 aliphatic heterocycles. The van der Waals surface area contributed by atoms with Crippen LogP contribution < -0.4 is 5.32 Å². The Balaban J connectivity index is 1.45. The molecule has 3 nitrogen and oxygen atoms in total. The number of likely N-dealkylation sites (N-methyl/N-ethyl adjacent to an activating group) is 1. The van der Waals surface area contributed by atoms with Crippen molar-refractivity contribution >= 4 is 0 Å². The number of hydrogen-bond acceptors (Lipinski definition) is 3. The van der Waals surface area contributed by atoms with Crippen LogP contribution in [0.4, 0.5) is 0 Å². The molecule has 0 radical (unpaired) electrons. The van der Waals surface area contributed by atoms with Crippen LogP contribution in [0.15, 0.2) is 0 Å². The molecule has 3 rings (SSSR count). The smallest absolute Gasteiger partial charge is 0.0220 e. The Morgan fingerprint density at radius 3 is 2.61 bits per heavy atom. The van der Waals surface area contributed by atoms with E-state index in [4.69, 9.17) is 0 Å². The lowest BCUT2D eigenvalue weighted by atomic mass is 10.00. The van der Waals surface area contributed by atoms with E-state index in [0.29, 0.717) is 0 Å². The highest BCUT2D eigenvalue weighted by molar-refractivity contribution is 4.89. The minimum atomic E-state index is 0.778. The molecule has 1 aliphatic carbocycles. The average Bonchev–Trinajstić information content (AvgIpc) is 3.17. The van der Waals surface area contributed by atoms with Gasteiger partial charge >= 0.3 is 0 Å². The predicted octanol–water partition coefficient (Wildman–Crippen LogP) is 1.69. The maximum absolute atomic E-state index is 3.82. The van der Waals surface area contributed by atoms with Crippen LogP contribution in [-0.2, 0) is 0 Å². The van der Waals surface area contributed by atoms with E-state index >= 15 is 0 Å². The Labute approximate surface area is 112 Å². The fourth-order valence-electron chi connectivity index (χ4n) is 3.61. The maximum Gasteiger partial charge on any atom is 0.0220 e.